The molecule has 36 heavy (non-hydrogen) atoms. The highest BCUT2D eigenvalue weighted by Crippen LogP contribution is 2.83. The van der Waals surface area contributed by atoms with Gasteiger partial charge in [-0.2, -0.15) is 16.8 Å². The van der Waals surface area contributed by atoms with Gasteiger partial charge in [0.25, 0.3) is 0 Å². The van der Waals surface area contributed by atoms with E-state index in [2.05, 4.69) is 31.6 Å². The second kappa shape index (κ2) is 12.4. The van der Waals surface area contributed by atoms with Crippen molar-refractivity contribution in [2.75, 3.05) is 0 Å². The fourth-order valence-electron chi connectivity index (χ4n) is 2.15. The molecule has 4 unspecified atom stereocenters. The molecule has 1 heterocycles. The molecule has 1 aliphatic rings. The number of halogens is 8. The van der Waals surface area contributed by atoms with Crippen molar-refractivity contribution in [2.24, 2.45) is 27.1 Å². The molecular weight excluding hydrogens is 630 g/mol. The maximum Gasteiger partial charge on any atom is 0.425 e. The topological polar surface area (TPSA) is 111 Å². The summed E-state index contributed by atoms with van der Waals surface area (Å²) in [6, 6.07) is 0. The summed E-state index contributed by atoms with van der Waals surface area (Å²) in [4.78, 5) is 0. The van der Waals surface area contributed by atoms with Gasteiger partial charge in [0.05, 0.1) is 24.4 Å². The van der Waals surface area contributed by atoms with Gasteiger partial charge >= 0.3 is 46.6 Å². The minimum absolute atomic E-state index is 1.13. The van der Waals surface area contributed by atoms with Crippen LogP contribution in [0.5, 0.6) is 0 Å². The first-order valence-electron chi connectivity index (χ1n) is 10.0. The van der Waals surface area contributed by atoms with Crippen LogP contribution in [0.25, 0.3) is 0 Å². The molecule has 0 N–H and O–H groups in total. The van der Waals surface area contributed by atoms with Crippen LogP contribution in [0.3, 0.4) is 0 Å². The summed E-state index contributed by atoms with van der Waals surface area (Å²) in [5.41, 5.74) is 0. The van der Waals surface area contributed by atoms with Crippen LogP contribution < -0.4 is 0 Å². The van der Waals surface area contributed by atoms with Gasteiger partial charge in [-0.15, -0.1) is 43.9 Å². The van der Waals surface area contributed by atoms with E-state index < -0.39 is 71.0 Å². The highest BCUT2D eigenvalue weighted by molar-refractivity contribution is 7.78. The molecule has 0 aromatic carbocycles. The third-order valence-electron chi connectivity index (χ3n) is 2.69. The quantitative estimate of drug-likeness (QED) is 0.191. The van der Waals surface area contributed by atoms with E-state index in [-0.39, 0.29) is 0 Å². The molecule has 0 radical (unpaired) electrons. The third kappa shape index (κ3) is 12.2. The second-order valence-electron chi connectivity index (χ2n) is 7.96. The van der Waals surface area contributed by atoms with Gasteiger partial charge in [-0.05, 0) is 55.4 Å². The largest absolute Gasteiger partial charge is 0.425 e. The maximum atomic E-state index is 15.9. The van der Waals surface area contributed by atoms with E-state index >= 15 is 16.8 Å². The predicted molar refractivity (Wildman–Crippen MR) is 130 cm³/mol. The monoisotopic (exact) mass is 658 g/mol. The Hall–Kier alpha value is 0.660. The van der Waals surface area contributed by atoms with Crippen molar-refractivity contribution in [3.8, 4) is 0 Å². The summed E-state index contributed by atoms with van der Waals surface area (Å²) < 4.78 is 155. The molecule has 216 valence electrons. The number of nitrogens with zero attached hydrogens (tertiary/aromatic N) is 6. The Balaban J connectivity index is 4.46. The second-order valence-corrected chi connectivity index (χ2v) is 18.7. The molecule has 1 aliphatic heterocycles. The zero-order valence-corrected chi connectivity index (χ0v) is 25.7. The van der Waals surface area contributed by atoms with Gasteiger partial charge in [0.1, 0.15) is 0 Å². The lowest BCUT2D eigenvalue weighted by molar-refractivity contribution is 0.238. The SMILES string of the molecule is CC(C)OP1(F)=NP(F)(F)=NP(F)(F)=NP(F)(OC(C)C)=NP(F)(OC(C)C)=NP(F)(OC(C)C)=N1. The molecule has 0 saturated carbocycles. The predicted octanol–water partition coefficient (Wildman–Crippen LogP) is 13.1. The molecule has 0 saturated heterocycles. The van der Waals surface area contributed by atoms with Crippen LogP contribution in [0.2, 0.25) is 0 Å². The van der Waals surface area contributed by atoms with Gasteiger partial charge in [0, 0.05) is 0 Å². The average molecular weight is 658 g/mol. The summed E-state index contributed by atoms with van der Waals surface area (Å²) in [5.74, 6) is 0. The number of hydrogen-bond acceptors (Lipinski definition) is 10. The first kappa shape index (κ1) is 34.7. The third-order valence-corrected chi connectivity index (χ3v) is 16.0. The molecule has 0 amide bonds. The summed E-state index contributed by atoms with van der Waals surface area (Å²) in [5, 5.41) is 0. The lowest BCUT2D eigenvalue weighted by Crippen LogP contribution is -2.01. The van der Waals surface area contributed by atoms with Crippen LogP contribution >= 0.6 is 46.6 Å². The Labute approximate surface area is 205 Å². The Morgan fingerprint density at radius 2 is 0.583 bits per heavy atom. The van der Waals surface area contributed by atoms with Crippen molar-refractivity contribution < 1.29 is 51.7 Å². The van der Waals surface area contributed by atoms with Gasteiger partial charge in [-0.3, -0.25) is 0 Å². The van der Waals surface area contributed by atoms with Crippen molar-refractivity contribution >= 4 is 46.6 Å². The highest BCUT2D eigenvalue weighted by atomic mass is 31.3. The number of rotatable bonds is 8. The van der Waals surface area contributed by atoms with E-state index in [0.717, 1.165) is 27.7 Å². The van der Waals surface area contributed by atoms with Crippen LogP contribution in [0.15, 0.2) is 27.1 Å². The Bertz CT molecular complexity index is 1120. The summed E-state index contributed by atoms with van der Waals surface area (Å²) in [6.45, 7) is 9.25. The summed E-state index contributed by atoms with van der Waals surface area (Å²) in [6.07, 6.45) is -4.97. The standard InChI is InChI=1S/C12H28F8N6O4P6/c1-9(2)27-33(17)22-31(13,14)21-32(15,16)23-34(18,28-10(3)4)25-36(20,30-12(7)8)26-35(19,24-33)29-11(5)6/h9-12H,1-8H3. The van der Waals surface area contributed by atoms with E-state index in [0.29, 0.717) is 0 Å². The van der Waals surface area contributed by atoms with Crippen molar-refractivity contribution in [1.82, 2.24) is 0 Å². The average Bonchev–Trinajstić information content (AvgIpc) is 2.43. The molecule has 0 spiro atoms. The molecule has 0 aliphatic carbocycles. The molecular formula is C12H28F8N6O4P6. The fraction of sp³-hybridized carbons (Fsp3) is 1.00. The Kier molecular flexibility index (Phi) is 12.0. The van der Waals surface area contributed by atoms with E-state index in [9.17, 15) is 16.8 Å². The van der Waals surface area contributed by atoms with E-state index in [1.807, 2.05) is 4.52 Å². The van der Waals surface area contributed by atoms with E-state index in [4.69, 9.17) is 9.05 Å². The lowest BCUT2D eigenvalue weighted by Gasteiger charge is -2.23. The number of hydrogen-bond donors (Lipinski definition) is 0. The summed E-state index contributed by atoms with van der Waals surface area (Å²) in [7, 11) is -36.7. The highest BCUT2D eigenvalue weighted by Gasteiger charge is 2.42. The molecule has 0 aromatic heterocycles. The minimum Gasteiger partial charge on any atom is -0.300 e. The van der Waals surface area contributed by atoms with Gasteiger partial charge in [-0.25, -0.2) is 0 Å². The maximum absolute atomic E-state index is 15.9. The smallest absolute Gasteiger partial charge is 0.300 e. The van der Waals surface area contributed by atoms with Gasteiger partial charge in [0.15, 0.2) is 0 Å². The molecule has 24 heteroatoms. The Morgan fingerprint density at radius 3 is 0.861 bits per heavy atom. The molecule has 10 nitrogen and oxygen atoms in total. The van der Waals surface area contributed by atoms with Gasteiger partial charge < -0.3 is 18.1 Å². The molecule has 0 fully saturated rings. The molecule has 4 atom stereocenters. The van der Waals surface area contributed by atoms with Crippen LogP contribution in [-0.2, 0) is 18.1 Å². The van der Waals surface area contributed by atoms with E-state index in [1.54, 1.807) is 0 Å². The molecule has 1 rings (SSSR count). The van der Waals surface area contributed by atoms with Gasteiger partial charge in [-0.1, -0.05) is 0 Å². The zero-order chi connectivity index (χ0) is 28.4. The van der Waals surface area contributed by atoms with Crippen molar-refractivity contribution in [1.29, 1.82) is 0 Å². The van der Waals surface area contributed by atoms with E-state index in [1.165, 1.54) is 27.7 Å². The minimum atomic E-state index is -6.72. The van der Waals surface area contributed by atoms with Crippen molar-refractivity contribution in [3.05, 3.63) is 0 Å². The van der Waals surface area contributed by atoms with Crippen LogP contribution in [0, 0.1) is 0 Å². The first-order chi connectivity index (χ1) is 15.9. The molecule has 0 aromatic rings. The van der Waals surface area contributed by atoms with Crippen LogP contribution in [-0.4, -0.2) is 24.4 Å². The van der Waals surface area contributed by atoms with Gasteiger partial charge in [0.2, 0.25) is 0 Å². The Morgan fingerprint density at radius 1 is 0.361 bits per heavy atom. The lowest BCUT2D eigenvalue weighted by atomic mass is 10.5. The normalized spacial score (nSPS) is 35.0. The first-order valence-corrected chi connectivity index (χ1v) is 19.0. The van der Waals surface area contributed by atoms with Crippen LogP contribution in [0.4, 0.5) is 33.6 Å². The fourth-order valence-corrected chi connectivity index (χ4v) is 14.9. The van der Waals surface area contributed by atoms with Crippen LogP contribution in [0.1, 0.15) is 55.4 Å². The zero-order valence-electron chi connectivity index (χ0n) is 20.3. The molecule has 0 bridgehead atoms. The van der Waals surface area contributed by atoms with Crippen molar-refractivity contribution in [2.45, 2.75) is 79.8 Å². The summed E-state index contributed by atoms with van der Waals surface area (Å²) >= 11 is 0. The van der Waals surface area contributed by atoms with Crippen molar-refractivity contribution in [3.63, 3.8) is 0 Å².